The van der Waals surface area contributed by atoms with Crippen molar-refractivity contribution in [3.05, 3.63) is 57.0 Å². The number of hydrogen-bond donors (Lipinski definition) is 3. The number of carbonyl (C=O) groups is 1. The van der Waals surface area contributed by atoms with Crippen LogP contribution in [0, 0.1) is 0 Å². The van der Waals surface area contributed by atoms with E-state index in [4.69, 9.17) is 0 Å². The lowest BCUT2D eigenvalue weighted by atomic mass is 9.99. The molecular weight excluding hydrogens is 354 g/mol. The summed E-state index contributed by atoms with van der Waals surface area (Å²) >= 11 is 0. The zero-order valence-electron chi connectivity index (χ0n) is 14.1. The van der Waals surface area contributed by atoms with Crippen LogP contribution in [0.3, 0.4) is 0 Å². The van der Waals surface area contributed by atoms with Crippen LogP contribution in [0.1, 0.15) is 35.1 Å². The molecule has 136 valence electrons. The quantitative estimate of drug-likeness (QED) is 0.763. The molecule has 26 heavy (non-hydrogen) atoms. The molecule has 0 bridgehead atoms. The molecular formula is C18H19N3O4S. The highest BCUT2D eigenvalue weighted by Crippen LogP contribution is 2.38. The summed E-state index contributed by atoms with van der Waals surface area (Å²) in [6, 6.07) is 3.71. The predicted molar refractivity (Wildman–Crippen MR) is 96.9 cm³/mol. The average Bonchev–Trinajstić information content (AvgIpc) is 3.23. The van der Waals surface area contributed by atoms with Gasteiger partial charge in [0.25, 0.3) is 10.0 Å². The van der Waals surface area contributed by atoms with Gasteiger partial charge in [0, 0.05) is 18.0 Å². The number of rotatable bonds is 3. The molecule has 1 aromatic carbocycles. The van der Waals surface area contributed by atoms with Crippen molar-refractivity contribution in [3.63, 3.8) is 0 Å². The maximum atomic E-state index is 12.4. The molecule has 2 aliphatic carbocycles. The molecule has 2 amide bonds. The van der Waals surface area contributed by atoms with Gasteiger partial charge in [0.1, 0.15) is 4.90 Å². The second-order valence-electron chi connectivity index (χ2n) is 6.68. The van der Waals surface area contributed by atoms with E-state index in [2.05, 4.69) is 16.4 Å². The molecule has 2 aromatic rings. The number of hydrogen-bond acceptors (Lipinski definition) is 4. The van der Waals surface area contributed by atoms with Crippen LogP contribution < -0.4 is 15.6 Å². The number of amides is 2. The number of anilines is 1. The molecule has 0 fully saturated rings. The summed E-state index contributed by atoms with van der Waals surface area (Å²) in [6.45, 7) is 0. The van der Waals surface area contributed by atoms with E-state index < -0.39 is 21.6 Å². The number of aryl methyl sites for hydroxylation is 2. The Morgan fingerprint density at radius 2 is 1.65 bits per heavy atom. The van der Waals surface area contributed by atoms with Gasteiger partial charge >= 0.3 is 6.03 Å². The minimum atomic E-state index is -4.06. The highest BCUT2D eigenvalue weighted by atomic mass is 32.2. The van der Waals surface area contributed by atoms with Crippen LogP contribution in [-0.2, 0) is 35.7 Å². The molecule has 1 aromatic heterocycles. The number of H-pyrrole nitrogens is 1. The van der Waals surface area contributed by atoms with Crippen LogP contribution in [0.2, 0.25) is 0 Å². The largest absolute Gasteiger partial charge is 0.333 e. The Hall–Kier alpha value is -2.61. The van der Waals surface area contributed by atoms with E-state index in [1.165, 1.54) is 11.1 Å². The van der Waals surface area contributed by atoms with Gasteiger partial charge in [-0.3, -0.25) is 4.79 Å². The molecule has 2 aliphatic rings. The first-order valence-electron chi connectivity index (χ1n) is 8.63. The van der Waals surface area contributed by atoms with Gasteiger partial charge in [-0.1, -0.05) is 6.07 Å². The van der Waals surface area contributed by atoms with Crippen LogP contribution in [-0.4, -0.2) is 19.4 Å². The Kier molecular flexibility index (Phi) is 4.07. The number of carbonyl (C=O) groups excluding carboxylic acids is 1. The van der Waals surface area contributed by atoms with Crippen molar-refractivity contribution in [2.45, 2.75) is 43.4 Å². The number of aromatic amines is 1. The van der Waals surface area contributed by atoms with E-state index in [1.807, 2.05) is 4.72 Å². The van der Waals surface area contributed by atoms with Gasteiger partial charge < -0.3 is 10.3 Å². The molecule has 0 radical (unpaired) electrons. The minimum absolute atomic E-state index is 0.171. The highest BCUT2D eigenvalue weighted by molar-refractivity contribution is 7.90. The number of aromatic nitrogens is 1. The van der Waals surface area contributed by atoms with Crippen molar-refractivity contribution in [2.24, 2.45) is 0 Å². The van der Waals surface area contributed by atoms with Crippen LogP contribution >= 0.6 is 0 Å². The van der Waals surface area contributed by atoms with Crippen molar-refractivity contribution in [3.8, 4) is 0 Å². The maximum Gasteiger partial charge on any atom is 0.333 e. The molecule has 0 saturated carbocycles. The second kappa shape index (κ2) is 6.28. The number of fused-ring (bicyclic) bond motifs is 2. The lowest BCUT2D eigenvalue weighted by molar-refractivity contribution is 0.256. The Labute approximate surface area is 150 Å². The highest BCUT2D eigenvalue weighted by Gasteiger charge is 2.26. The van der Waals surface area contributed by atoms with Crippen LogP contribution in [0.4, 0.5) is 10.5 Å². The van der Waals surface area contributed by atoms with Gasteiger partial charge in [-0.25, -0.2) is 17.9 Å². The smallest absolute Gasteiger partial charge is 0.328 e. The molecule has 8 heteroatoms. The van der Waals surface area contributed by atoms with Gasteiger partial charge in [-0.15, -0.1) is 0 Å². The van der Waals surface area contributed by atoms with E-state index in [0.29, 0.717) is 0 Å². The monoisotopic (exact) mass is 373 g/mol. The fraction of sp³-hybridized carbons (Fsp3) is 0.333. The first kappa shape index (κ1) is 16.8. The molecule has 0 aliphatic heterocycles. The lowest BCUT2D eigenvalue weighted by Gasteiger charge is -2.16. The predicted octanol–water partition coefficient (Wildman–Crippen LogP) is 1.86. The van der Waals surface area contributed by atoms with Gasteiger partial charge in [0.05, 0.1) is 0 Å². The van der Waals surface area contributed by atoms with Crippen molar-refractivity contribution in [2.75, 3.05) is 5.32 Å². The van der Waals surface area contributed by atoms with E-state index in [9.17, 15) is 18.0 Å². The zero-order chi connectivity index (χ0) is 18.3. The standard InChI is InChI=1S/C18H19N3O4S/c22-16-8-7-13(10-19-16)26(24,25)21-18(23)20-17-14-5-1-3-11(14)9-12-4-2-6-15(12)17/h7-10H,1-6H2,(H,19,22)(H2,20,21,23). The second-order valence-corrected chi connectivity index (χ2v) is 8.36. The number of urea groups is 1. The van der Waals surface area contributed by atoms with Crippen LogP contribution in [0.25, 0.3) is 0 Å². The number of benzene rings is 1. The maximum absolute atomic E-state index is 12.4. The Bertz CT molecular complexity index is 1000. The Morgan fingerprint density at radius 3 is 2.23 bits per heavy atom. The number of nitrogens with one attached hydrogen (secondary N) is 3. The number of sulfonamides is 1. The van der Waals surface area contributed by atoms with Crippen LogP contribution in [0.15, 0.2) is 34.1 Å². The fourth-order valence-electron chi connectivity index (χ4n) is 3.85. The molecule has 0 unspecified atom stereocenters. The Morgan fingerprint density at radius 1 is 1.00 bits per heavy atom. The van der Waals surface area contributed by atoms with Gasteiger partial charge in [0.15, 0.2) is 0 Å². The van der Waals surface area contributed by atoms with Crippen LogP contribution in [0.5, 0.6) is 0 Å². The summed E-state index contributed by atoms with van der Waals surface area (Å²) in [4.78, 5) is 25.6. The van der Waals surface area contributed by atoms with Crippen molar-refractivity contribution >= 4 is 21.7 Å². The van der Waals surface area contributed by atoms with E-state index in [1.54, 1.807) is 0 Å². The zero-order valence-corrected chi connectivity index (χ0v) is 14.9. The molecule has 3 N–H and O–H groups in total. The van der Waals surface area contributed by atoms with Crippen molar-refractivity contribution in [1.82, 2.24) is 9.71 Å². The molecule has 1 heterocycles. The van der Waals surface area contributed by atoms with Crippen molar-refractivity contribution < 1.29 is 13.2 Å². The molecule has 7 nitrogen and oxygen atoms in total. The Balaban J connectivity index is 1.60. The summed E-state index contributed by atoms with van der Waals surface area (Å²) in [5.74, 6) is 0. The summed E-state index contributed by atoms with van der Waals surface area (Å²) in [7, 11) is -4.06. The van der Waals surface area contributed by atoms with Gasteiger partial charge in [-0.05, 0) is 66.8 Å². The average molecular weight is 373 g/mol. The normalized spacial score (nSPS) is 15.4. The first-order chi connectivity index (χ1) is 12.4. The third-order valence-electron chi connectivity index (χ3n) is 5.00. The van der Waals surface area contributed by atoms with E-state index in [-0.39, 0.29) is 4.90 Å². The summed E-state index contributed by atoms with van der Waals surface area (Å²) < 4.78 is 26.7. The molecule has 0 saturated heterocycles. The lowest BCUT2D eigenvalue weighted by Crippen LogP contribution is -2.35. The molecule has 0 spiro atoms. The number of pyridine rings is 1. The van der Waals surface area contributed by atoms with Gasteiger partial charge in [0.2, 0.25) is 5.56 Å². The third-order valence-corrected chi connectivity index (χ3v) is 6.33. The molecule has 4 rings (SSSR count). The topological polar surface area (TPSA) is 108 Å². The van der Waals surface area contributed by atoms with E-state index >= 15 is 0 Å². The summed E-state index contributed by atoms with van der Waals surface area (Å²) in [6.07, 6.45) is 6.93. The fourth-order valence-corrected chi connectivity index (χ4v) is 4.72. The summed E-state index contributed by atoms with van der Waals surface area (Å²) in [5.41, 5.74) is 5.13. The minimum Gasteiger partial charge on any atom is -0.328 e. The van der Waals surface area contributed by atoms with E-state index in [0.717, 1.165) is 73.7 Å². The third kappa shape index (κ3) is 3.01. The molecule has 0 atom stereocenters. The van der Waals surface area contributed by atoms with Gasteiger partial charge in [-0.2, -0.15) is 0 Å². The first-order valence-corrected chi connectivity index (χ1v) is 10.1. The van der Waals surface area contributed by atoms with Crippen molar-refractivity contribution in [1.29, 1.82) is 0 Å². The SMILES string of the molecule is O=C(Nc1c2c(cc3c1CCC3)CCC2)NS(=O)(=O)c1ccc(=O)[nH]c1. The summed E-state index contributed by atoms with van der Waals surface area (Å²) in [5, 5.41) is 2.78.